The lowest BCUT2D eigenvalue weighted by atomic mass is 9.87. The van der Waals surface area contributed by atoms with Crippen molar-refractivity contribution in [1.29, 1.82) is 0 Å². The second kappa shape index (κ2) is 8.04. The van der Waals surface area contributed by atoms with E-state index in [2.05, 4.69) is 9.71 Å². The van der Waals surface area contributed by atoms with Crippen molar-refractivity contribution in [3.8, 4) is 0 Å². The highest BCUT2D eigenvalue weighted by atomic mass is 32.2. The van der Waals surface area contributed by atoms with Crippen LogP contribution in [0.3, 0.4) is 0 Å². The maximum atomic E-state index is 14.4. The van der Waals surface area contributed by atoms with Crippen molar-refractivity contribution < 1.29 is 26.9 Å². The number of aromatic nitrogens is 1. The van der Waals surface area contributed by atoms with Gasteiger partial charge in [-0.05, 0) is 50.1 Å². The second-order valence-corrected chi connectivity index (χ2v) is 8.90. The van der Waals surface area contributed by atoms with Gasteiger partial charge in [-0.15, -0.1) is 0 Å². The van der Waals surface area contributed by atoms with Crippen molar-refractivity contribution >= 4 is 11.0 Å². The molecule has 0 saturated carbocycles. The zero-order chi connectivity index (χ0) is 20.4. The van der Waals surface area contributed by atoms with Gasteiger partial charge in [-0.25, -0.2) is 26.5 Å². The number of aliphatic hydroxyl groups is 1. The summed E-state index contributed by atoms with van der Waals surface area (Å²) in [5, 5.41) is 9.13. The Bertz CT molecular complexity index is 825. The minimum atomic E-state index is -3.19. The molecule has 0 amide bonds. The van der Waals surface area contributed by atoms with Crippen LogP contribution >= 0.6 is 0 Å². The number of hydrogen-bond acceptors (Lipinski definition) is 3. The third-order valence-electron chi connectivity index (χ3n) is 3.92. The lowest BCUT2D eigenvalue weighted by Gasteiger charge is -2.36. The molecular weight excluding hydrogens is 384 g/mol. The molecule has 9 heteroatoms. The molecule has 0 bridgehead atoms. The Labute approximate surface area is 157 Å². The first-order chi connectivity index (χ1) is 12.5. The third kappa shape index (κ3) is 4.36. The summed E-state index contributed by atoms with van der Waals surface area (Å²) in [5.74, 6) is -2.50. The van der Waals surface area contributed by atoms with Gasteiger partial charge in [0.1, 0.15) is 0 Å². The first-order valence-electron chi connectivity index (χ1n) is 8.02. The van der Waals surface area contributed by atoms with E-state index in [1.807, 2.05) is 0 Å². The zero-order valence-electron chi connectivity index (χ0n) is 15.0. The third-order valence-corrected chi connectivity index (χ3v) is 5.54. The van der Waals surface area contributed by atoms with Crippen molar-refractivity contribution in [2.24, 2.45) is 0 Å². The van der Waals surface area contributed by atoms with Gasteiger partial charge < -0.3 is 5.11 Å². The number of pyridine rings is 1. The Morgan fingerprint density at radius 3 is 2.26 bits per heavy atom. The molecule has 0 radical (unpaired) electrons. The summed E-state index contributed by atoms with van der Waals surface area (Å²) < 4.78 is 70.0. The van der Waals surface area contributed by atoms with E-state index < -0.39 is 39.3 Å². The summed E-state index contributed by atoms with van der Waals surface area (Å²) in [6.07, 6.45) is -2.00. The van der Waals surface area contributed by atoms with Crippen LogP contribution in [-0.2, 0) is 23.1 Å². The van der Waals surface area contributed by atoms with E-state index in [1.54, 1.807) is 20.8 Å². The fraction of sp³-hybridized carbons (Fsp3) is 0.389. The predicted molar refractivity (Wildman–Crippen MR) is 94.3 cm³/mol. The maximum Gasteiger partial charge on any atom is 0.267 e. The highest BCUT2D eigenvalue weighted by molar-refractivity contribution is 7.84. The lowest BCUT2D eigenvalue weighted by molar-refractivity contribution is 0.0627. The smallest absolute Gasteiger partial charge is 0.267 e. The van der Waals surface area contributed by atoms with Crippen LogP contribution in [0.4, 0.5) is 17.6 Å². The highest BCUT2D eigenvalue weighted by Crippen LogP contribution is 2.37. The van der Waals surface area contributed by atoms with Crippen LogP contribution in [0.15, 0.2) is 36.5 Å². The molecule has 1 unspecified atom stereocenters. The largest absolute Gasteiger partial charge is 0.392 e. The molecular formula is C18H20F4N2O2S. The molecule has 0 saturated heterocycles. The number of nitrogens with one attached hydrogen (secondary N) is 1. The molecule has 2 atom stereocenters. The number of rotatable bonds is 6. The van der Waals surface area contributed by atoms with Gasteiger partial charge in [0.15, 0.2) is 17.2 Å². The van der Waals surface area contributed by atoms with Crippen LogP contribution in [0.2, 0.25) is 0 Å². The molecule has 0 spiro atoms. The minimum absolute atomic E-state index is 0.238. The minimum Gasteiger partial charge on any atom is -0.392 e. The number of nitrogens with zero attached hydrogens (tertiary/aromatic N) is 1. The van der Waals surface area contributed by atoms with Crippen molar-refractivity contribution in [3.05, 3.63) is 65.0 Å². The predicted octanol–water partition coefficient (Wildman–Crippen LogP) is 3.41. The molecule has 1 heterocycles. The average molecular weight is 404 g/mol. The van der Waals surface area contributed by atoms with Gasteiger partial charge in [-0.1, -0.05) is 12.1 Å². The van der Waals surface area contributed by atoms with E-state index in [4.69, 9.17) is 5.11 Å². The molecule has 1 aromatic heterocycles. The van der Waals surface area contributed by atoms with Crippen LogP contribution in [-0.4, -0.2) is 25.5 Å². The molecule has 2 N–H and O–H groups in total. The van der Waals surface area contributed by atoms with Crippen molar-refractivity contribution in [2.45, 2.75) is 44.1 Å². The molecule has 2 aromatic rings. The highest BCUT2D eigenvalue weighted by Gasteiger charge is 2.48. The first kappa shape index (κ1) is 21.5. The molecule has 0 aliphatic heterocycles. The topological polar surface area (TPSA) is 62.2 Å². The average Bonchev–Trinajstić information content (AvgIpc) is 2.61. The van der Waals surface area contributed by atoms with Crippen LogP contribution in [0.1, 0.15) is 37.6 Å². The molecule has 2 rings (SSSR count). The van der Waals surface area contributed by atoms with Gasteiger partial charge in [0, 0.05) is 6.20 Å². The summed E-state index contributed by atoms with van der Waals surface area (Å²) in [5.41, 5.74) is -2.62. The summed E-state index contributed by atoms with van der Waals surface area (Å²) in [6.45, 7) is 4.40. The van der Waals surface area contributed by atoms with Gasteiger partial charge in [0.2, 0.25) is 0 Å². The van der Waals surface area contributed by atoms with E-state index in [9.17, 15) is 21.8 Å². The molecule has 148 valence electrons. The van der Waals surface area contributed by atoms with Crippen molar-refractivity contribution in [1.82, 2.24) is 9.71 Å². The van der Waals surface area contributed by atoms with Crippen LogP contribution < -0.4 is 4.72 Å². The lowest BCUT2D eigenvalue weighted by Crippen LogP contribution is -2.53. The quantitative estimate of drug-likeness (QED) is 0.726. The van der Waals surface area contributed by atoms with E-state index in [-0.39, 0.29) is 17.9 Å². The molecule has 4 nitrogen and oxygen atoms in total. The molecule has 27 heavy (non-hydrogen) atoms. The summed E-state index contributed by atoms with van der Waals surface area (Å²) in [6, 6.07) is 4.97. The Hall–Kier alpha value is -1.84. The monoisotopic (exact) mass is 404 g/mol. The SMILES string of the molecule is CC(C)(C)[S@@](=O)NC(c1ccc(F)c(F)c1)(c1ccc(CO)cn1)C(F)F. The van der Waals surface area contributed by atoms with Crippen LogP contribution in [0, 0.1) is 11.6 Å². The van der Waals surface area contributed by atoms with E-state index in [0.29, 0.717) is 11.6 Å². The van der Waals surface area contributed by atoms with Crippen molar-refractivity contribution in [2.75, 3.05) is 0 Å². The first-order valence-corrected chi connectivity index (χ1v) is 9.17. The van der Waals surface area contributed by atoms with E-state index in [1.165, 1.54) is 18.3 Å². The normalized spacial score (nSPS) is 15.6. The van der Waals surface area contributed by atoms with Gasteiger partial charge in [0.25, 0.3) is 6.43 Å². The molecule has 0 aliphatic carbocycles. The Kier molecular flexibility index (Phi) is 6.39. The van der Waals surface area contributed by atoms with Gasteiger partial charge in [0.05, 0.1) is 28.0 Å². The molecule has 0 fully saturated rings. The molecule has 1 aromatic carbocycles. The Balaban J connectivity index is 2.73. The zero-order valence-corrected chi connectivity index (χ0v) is 15.8. The Morgan fingerprint density at radius 2 is 1.81 bits per heavy atom. The fourth-order valence-electron chi connectivity index (χ4n) is 2.33. The number of hydrogen-bond donors (Lipinski definition) is 2. The summed E-state index contributed by atoms with van der Waals surface area (Å²) in [7, 11) is -1.98. The van der Waals surface area contributed by atoms with E-state index in [0.717, 1.165) is 12.1 Å². The number of halogens is 4. The Morgan fingerprint density at radius 1 is 1.15 bits per heavy atom. The second-order valence-electron chi connectivity index (χ2n) is 6.93. The van der Waals surface area contributed by atoms with Crippen LogP contribution in [0.25, 0.3) is 0 Å². The van der Waals surface area contributed by atoms with Crippen molar-refractivity contribution in [3.63, 3.8) is 0 Å². The van der Waals surface area contributed by atoms with Gasteiger partial charge in [-0.2, -0.15) is 0 Å². The standard InChI is InChI=1S/C18H20F4N2O2S/c1-17(2,3)27(26)24-18(16(21)22,12-5-6-13(19)14(20)8-12)15-7-4-11(10-25)9-23-15/h4-9,16,24-25H,10H2,1-3H3/t18?,27-/m1/s1. The number of alkyl halides is 2. The number of benzene rings is 1. The van der Waals surface area contributed by atoms with Crippen LogP contribution in [0.5, 0.6) is 0 Å². The fourth-order valence-corrected chi connectivity index (χ4v) is 3.24. The maximum absolute atomic E-state index is 14.4. The van der Waals surface area contributed by atoms with E-state index >= 15 is 0 Å². The summed E-state index contributed by atoms with van der Waals surface area (Å²) in [4.78, 5) is 3.95. The molecule has 0 aliphatic rings. The summed E-state index contributed by atoms with van der Waals surface area (Å²) >= 11 is 0. The number of aliphatic hydroxyl groups excluding tert-OH is 1. The van der Waals surface area contributed by atoms with Gasteiger partial charge >= 0.3 is 0 Å². The van der Waals surface area contributed by atoms with Gasteiger partial charge in [-0.3, -0.25) is 4.98 Å².